The van der Waals surface area contributed by atoms with Crippen LogP contribution in [0.15, 0.2) is 48.5 Å². The number of aryl methyl sites for hydroxylation is 1. The molecule has 0 aliphatic heterocycles. The van der Waals surface area contributed by atoms with Gasteiger partial charge in [0.05, 0.1) is 12.7 Å². The van der Waals surface area contributed by atoms with Crippen molar-refractivity contribution in [1.82, 2.24) is 10.9 Å². The maximum atomic E-state index is 12.0. The van der Waals surface area contributed by atoms with Gasteiger partial charge in [-0.3, -0.25) is 25.2 Å². The maximum Gasteiger partial charge on any atom is 0.328 e. The van der Waals surface area contributed by atoms with Gasteiger partial charge in [0, 0.05) is 5.69 Å². The molecule has 0 aromatic heterocycles. The second-order valence-corrected chi connectivity index (χ2v) is 5.11. The highest BCUT2D eigenvalue weighted by atomic mass is 16.5. The van der Waals surface area contributed by atoms with Crippen LogP contribution in [0.5, 0.6) is 5.75 Å². The van der Waals surface area contributed by atoms with Crippen molar-refractivity contribution in [3.8, 4) is 5.75 Å². The topological polar surface area (TPSA) is 96.5 Å². The molecule has 3 N–H and O–H groups in total. The Hall–Kier alpha value is -3.35. The van der Waals surface area contributed by atoms with E-state index in [0.717, 1.165) is 12.0 Å². The molecule has 0 saturated heterocycles. The van der Waals surface area contributed by atoms with Crippen molar-refractivity contribution in [1.29, 1.82) is 0 Å². The van der Waals surface area contributed by atoms with Crippen LogP contribution in [-0.2, 0) is 16.0 Å². The zero-order valence-corrected chi connectivity index (χ0v) is 14.0. The van der Waals surface area contributed by atoms with Crippen LogP contribution in [0.1, 0.15) is 22.8 Å². The van der Waals surface area contributed by atoms with Crippen LogP contribution in [0.3, 0.4) is 0 Å². The number of methoxy groups -OCH3 is 1. The van der Waals surface area contributed by atoms with E-state index in [1.54, 1.807) is 30.3 Å². The number of anilines is 1. The third-order valence-corrected chi connectivity index (χ3v) is 3.47. The zero-order chi connectivity index (χ0) is 18.2. The largest absolute Gasteiger partial charge is 0.496 e. The molecule has 0 saturated carbocycles. The first kappa shape index (κ1) is 18.0. The summed E-state index contributed by atoms with van der Waals surface area (Å²) in [4.78, 5) is 35.7. The van der Waals surface area contributed by atoms with Crippen molar-refractivity contribution >= 4 is 23.4 Å². The molecular formula is C18H19N3O4. The van der Waals surface area contributed by atoms with E-state index < -0.39 is 17.7 Å². The van der Waals surface area contributed by atoms with Gasteiger partial charge in [0.15, 0.2) is 0 Å². The van der Waals surface area contributed by atoms with E-state index in [0.29, 0.717) is 11.4 Å². The molecule has 2 aromatic carbocycles. The zero-order valence-electron chi connectivity index (χ0n) is 14.0. The van der Waals surface area contributed by atoms with Crippen molar-refractivity contribution in [2.75, 3.05) is 12.4 Å². The minimum atomic E-state index is -0.984. The van der Waals surface area contributed by atoms with Gasteiger partial charge in [0.1, 0.15) is 5.75 Å². The van der Waals surface area contributed by atoms with Crippen LogP contribution in [0, 0.1) is 0 Å². The Kier molecular flexibility index (Phi) is 6.11. The number of amides is 3. The van der Waals surface area contributed by atoms with Gasteiger partial charge in [-0.15, -0.1) is 0 Å². The molecule has 2 aromatic rings. The Morgan fingerprint density at radius 2 is 1.60 bits per heavy atom. The second-order valence-electron chi connectivity index (χ2n) is 5.11. The standard InChI is InChI=1S/C18H19N3O4/c1-3-12-8-10-13(11-9-12)19-17(23)18(24)21-20-16(22)14-6-4-5-7-15(14)25-2/h4-11H,3H2,1-2H3,(H,19,23)(H,20,22)(H,21,24). The smallest absolute Gasteiger partial charge is 0.328 e. The molecule has 0 radical (unpaired) electrons. The molecule has 0 unspecified atom stereocenters. The summed E-state index contributed by atoms with van der Waals surface area (Å²) in [6.45, 7) is 2.02. The quantitative estimate of drug-likeness (QED) is 0.582. The van der Waals surface area contributed by atoms with Gasteiger partial charge in [0.2, 0.25) is 0 Å². The monoisotopic (exact) mass is 341 g/mol. The highest BCUT2D eigenvalue weighted by Gasteiger charge is 2.16. The molecule has 0 bridgehead atoms. The lowest BCUT2D eigenvalue weighted by molar-refractivity contribution is -0.136. The first-order chi connectivity index (χ1) is 12.0. The molecule has 0 heterocycles. The molecule has 0 atom stereocenters. The number of hydrogen-bond donors (Lipinski definition) is 3. The fraction of sp³-hybridized carbons (Fsp3) is 0.167. The van der Waals surface area contributed by atoms with Gasteiger partial charge in [-0.05, 0) is 36.2 Å². The Balaban J connectivity index is 1.90. The fourth-order valence-electron chi connectivity index (χ4n) is 2.08. The summed E-state index contributed by atoms with van der Waals surface area (Å²) in [5.74, 6) is -2.10. The van der Waals surface area contributed by atoms with Crippen LogP contribution in [-0.4, -0.2) is 24.8 Å². The van der Waals surface area contributed by atoms with Crippen LogP contribution >= 0.6 is 0 Å². The average Bonchev–Trinajstić information content (AvgIpc) is 2.66. The van der Waals surface area contributed by atoms with E-state index >= 15 is 0 Å². The predicted octanol–water partition coefficient (Wildman–Crippen LogP) is 1.66. The molecule has 7 nitrogen and oxygen atoms in total. The van der Waals surface area contributed by atoms with Gasteiger partial charge in [-0.2, -0.15) is 0 Å². The molecule has 0 aliphatic rings. The molecule has 2 rings (SSSR count). The molecule has 25 heavy (non-hydrogen) atoms. The maximum absolute atomic E-state index is 12.0. The average molecular weight is 341 g/mol. The summed E-state index contributed by atoms with van der Waals surface area (Å²) in [6, 6.07) is 13.7. The summed E-state index contributed by atoms with van der Waals surface area (Å²) in [7, 11) is 1.43. The van der Waals surface area contributed by atoms with Gasteiger partial charge in [-0.1, -0.05) is 31.2 Å². The van der Waals surface area contributed by atoms with E-state index in [4.69, 9.17) is 4.74 Å². The van der Waals surface area contributed by atoms with Crippen LogP contribution < -0.4 is 20.9 Å². The van der Waals surface area contributed by atoms with Gasteiger partial charge >= 0.3 is 11.8 Å². The van der Waals surface area contributed by atoms with E-state index in [1.807, 2.05) is 19.1 Å². The van der Waals surface area contributed by atoms with E-state index in [1.165, 1.54) is 13.2 Å². The van der Waals surface area contributed by atoms with Crippen molar-refractivity contribution in [2.45, 2.75) is 13.3 Å². The second kappa shape index (κ2) is 8.49. The Morgan fingerprint density at radius 1 is 0.920 bits per heavy atom. The number of hydrazine groups is 1. The highest BCUT2D eigenvalue weighted by molar-refractivity contribution is 6.39. The number of benzene rings is 2. The van der Waals surface area contributed by atoms with Crippen LogP contribution in [0.2, 0.25) is 0 Å². The lowest BCUT2D eigenvalue weighted by Crippen LogP contribution is -2.46. The van der Waals surface area contributed by atoms with Crippen LogP contribution in [0.25, 0.3) is 0 Å². The molecule has 3 amide bonds. The first-order valence-corrected chi connectivity index (χ1v) is 7.68. The van der Waals surface area contributed by atoms with E-state index in [9.17, 15) is 14.4 Å². The summed E-state index contributed by atoms with van der Waals surface area (Å²) in [6.07, 6.45) is 0.879. The predicted molar refractivity (Wildman–Crippen MR) is 93.1 cm³/mol. The van der Waals surface area contributed by atoms with Crippen molar-refractivity contribution in [3.63, 3.8) is 0 Å². The number of carbonyl (C=O) groups excluding carboxylic acids is 3. The molecular weight excluding hydrogens is 322 g/mol. The van der Waals surface area contributed by atoms with Crippen molar-refractivity contribution < 1.29 is 19.1 Å². The fourth-order valence-corrected chi connectivity index (χ4v) is 2.08. The van der Waals surface area contributed by atoms with Crippen LogP contribution in [0.4, 0.5) is 5.69 Å². The summed E-state index contributed by atoms with van der Waals surface area (Å²) >= 11 is 0. The highest BCUT2D eigenvalue weighted by Crippen LogP contribution is 2.16. The molecule has 0 spiro atoms. The van der Waals surface area contributed by atoms with Gasteiger partial charge in [0.25, 0.3) is 5.91 Å². The summed E-state index contributed by atoms with van der Waals surface area (Å²) < 4.78 is 5.07. The van der Waals surface area contributed by atoms with Crippen molar-refractivity contribution in [3.05, 3.63) is 59.7 Å². The number of hydrogen-bond acceptors (Lipinski definition) is 4. The Morgan fingerprint density at radius 3 is 2.24 bits per heavy atom. The summed E-state index contributed by atoms with van der Waals surface area (Å²) in [5.41, 5.74) is 6.10. The lowest BCUT2D eigenvalue weighted by atomic mass is 10.1. The van der Waals surface area contributed by atoms with E-state index in [2.05, 4.69) is 16.2 Å². The Labute approximate surface area is 145 Å². The third kappa shape index (κ3) is 4.81. The molecule has 7 heteroatoms. The minimum absolute atomic E-state index is 0.237. The number of para-hydroxylation sites is 1. The number of nitrogens with one attached hydrogen (secondary N) is 3. The minimum Gasteiger partial charge on any atom is -0.496 e. The third-order valence-electron chi connectivity index (χ3n) is 3.47. The van der Waals surface area contributed by atoms with E-state index in [-0.39, 0.29) is 5.56 Å². The number of ether oxygens (including phenoxy) is 1. The van der Waals surface area contributed by atoms with Gasteiger partial charge in [-0.25, -0.2) is 0 Å². The SMILES string of the molecule is CCc1ccc(NC(=O)C(=O)NNC(=O)c2ccccc2OC)cc1. The molecule has 0 fully saturated rings. The lowest BCUT2D eigenvalue weighted by Gasteiger charge is -2.10. The summed E-state index contributed by atoms with van der Waals surface area (Å²) in [5, 5.41) is 2.45. The first-order valence-electron chi connectivity index (χ1n) is 7.68. The normalized spacial score (nSPS) is 9.84. The molecule has 130 valence electrons. The van der Waals surface area contributed by atoms with Gasteiger partial charge < -0.3 is 10.1 Å². The Bertz CT molecular complexity index is 772. The van der Waals surface area contributed by atoms with Crippen molar-refractivity contribution in [2.24, 2.45) is 0 Å². The number of carbonyl (C=O) groups is 3. The number of rotatable bonds is 4. The molecule has 0 aliphatic carbocycles.